The van der Waals surface area contributed by atoms with Gasteiger partial charge in [0.05, 0.1) is 19.0 Å². The van der Waals surface area contributed by atoms with Gasteiger partial charge in [-0.05, 0) is 6.42 Å². The summed E-state index contributed by atoms with van der Waals surface area (Å²) >= 11 is 0. The van der Waals surface area contributed by atoms with Crippen molar-refractivity contribution in [3.8, 4) is 0 Å². The lowest BCUT2D eigenvalue weighted by molar-refractivity contribution is -0.134. The van der Waals surface area contributed by atoms with Crippen LogP contribution in [0.25, 0.3) is 0 Å². The highest BCUT2D eigenvalue weighted by Gasteiger charge is 2.27. The van der Waals surface area contributed by atoms with Crippen LogP contribution in [0.4, 0.5) is 13.2 Å². The van der Waals surface area contributed by atoms with Crippen molar-refractivity contribution in [2.45, 2.75) is 19.0 Å². The number of rotatable bonds is 9. The van der Waals surface area contributed by atoms with Crippen LogP contribution in [0.2, 0.25) is 0 Å². The lowest BCUT2D eigenvalue weighted by Gasteiger charge is -2.08. The SMILES string of the molecule is NCCOCCNS(=O)(=O)CCCC(F)(F)F. The third-order valence-corrected chi connectivity index (χ3v) is 3.17. The third kappa shape index (κ3) is 11.9. The number of hydrogen-bond donors (Lipinski definition) is 2. The van der Waals surface area contributed by atoms with Gasteiger partial charge >= 0.3 is 6.18 Å². The van der Waals surface area contributed by atoms with Gasteiger partial charge in [0, 0.05) is 19.5 Å². The fraction of sp³-hybridized carbons (Fsp3) is 1.00. The van der Waals surface area contributed by atoms with Gasteiger partial charge in [-0.1, -0.05) is 0 Å². The van der Waals surface area contributed by atoms with Crippen molar-refractivity contribution < 1.29 is 26.3 Å². The van der Waals surface area contributed by atoms with E-state index in [-0.39, 0.29) is 13.2 Å². The van der Waals surface area contributed by atoms with Crippen LogP contribution in [0, 0.1) is 0 Å². The molecule has 0 saturated carbocycles. The van der Waals surface area contributed by atoms with Gasteiger partial charge < -0.3 is 10.5 Å². The van der Waals surface area contributed by atoms with Crippen molar-refractivity contribution in [1.82, 2.24) is 4.72 Å². The van der Waals surface area contributed by atoms with E-state index in [1.165, 1.54) is 0 Å². The summed E-state index contributed by atoms with van der Waals surface area (Å²) in [4.78, 5) is 0. The van der Waals surface area contributed by atoms with Gasteiger partial charge in [-0.2, -0.15) is 13.2 Å². The van der Waals surface area contributed by atoms with Gasteiger partial charge in [0.1, 0.15) is 0 Å². The van der Waals surface area contributed by atoms with Gasteiger partial charge in [0.25, 0.3) is 0 Å². The molecule has 104 valence electrons. The Bertz CT molecular complexity index is 293. The van der Waals surface area contributed by atoms with Crippen LogP contribution in [0.3, 0.4) is 0 Å². The molecule has 0 aliphatic rings. The van der Waals surface area contributed by atoms with Gasteiger partial charge in [0.15, 0.2) is 0 Å². The van der Waals surface area contributed by atoms with Crippen LogP contribution >= 0.6 is 0 Å². The molecule has 0 unspecified atom stereocenters. The molecule has 9 heteroatoms. The zero-order chi connectivity index (χ0) is 13.4. The molecule has 0 spiro atoms. The van der Waals surface area contributed by atoms with E-state index in [1.807, 2.05) is 0 Å². The Morgan fingerprint density at radius 1 is 1.24 bits per heavy atom. The standard InChI is InChI=1S/C8H17F3N2O3S/c9-8(10,11)2-1-7-17(14,15)13-4-6-16-5-3-12/h13H,1-7,12H2. The third-order valence-electron chi connectivity index (χ3n) is 1.70. The predicted molar refractivity (Wildman–Crippen MR) is 57.0 cm³/mol. The first-order valence-corrected chi connectivity index (χ1v) is 6.74. The lowest BCUT2D eigenvalue weighted by atomic mass is 10.3. The summed E-state index contributed by atoms with van der Waals surface area (Å²) in [6.07, 6.45) is -5.86. The zero-order valence-electron chi connectivity index (χ0n) is 9.29. The molecule has 0 radical (unpaired) electrons. The molecule has 0 aromatic rings. The first-order valence-electron chi connectivity index (χ1n) is 5.09. The second kappa shape index (κ2) is 7.85. The van der Waals surface area contributed by atoms with Crippen molar-refractivity contribution in [1.29, 1.82) is 0 Å². The maximum atomic E-state index is 11.8. The fourth-order valence-corrected chi connectivity index (χ4v) is 2.05. The van der Waals surface area contributed by atoms with Crippen molar-refractivity contribution in [3.05, 3.63) is 0 Å². The van der Waals surface area contributed by atoms with Crippen LogP contribution in [-0.4, -0.2) is 46.7 Å². The molecule has 0 bridgehead atoms. The first-order chi connectivity index (χ1) is 7.77. The molecule has 0 aromatic heterocycles. The number of nitrogens with two attached hydrogens (primary N) is 1. The Morgan fingerprint density at radius 2 is 1.88 bits per heavy atom. The maximum Gasteiger partial charge on any atom is 0.389 e. The quantitative estimate of drug-likeness (QED) is 0.591. The Morgan fingerprint density at radius 3 is 2.41 bits per heavy atom. The monoisotopic (exact) mass is 278 g/mol. The van der Waals surface area contributed by atoms with Gasteiger partial charge in [-0.25, -0.2) is 13.1 Å². The highest BCUT2D eigenvalue weighted by Crippen LogP contribution is 2.21. The number of alkyl halides is 3. The first kappa shape index (κ1) is 16.6. The second-order valence-electron chi connectivity index (χ2n) is 3.33. The largest absolute Gasteiger partial charge is 0.389 e. The Hall–Kier alpha value is -0.380. The minimum absolute atomic E-state index is 0.0361. The molecule has 17 heavy (non-hydrogen) atoms. The summed E-state index contributed by atoms with van der Waals surface area (Å²) in [5.41, 5.74) is 5.13. The molecule has 0 aliphatic carbocycles. The van der Waals surface area contributed by atoms with Gasteiger partial charge in [0.2, 0.25) is 10.0 Å². The number of ether oxygens (including phenoxy) is 1. The average molecular weight is 278 g/mol. The summed E-state index contributed by atoms with van der Waals surface area (Å²) in [5.74, 6) is -0.538. The molecule has 0 fully saturated rings. The van der Waals surface area contributed by atoms with Crippen LogP contribution in [0.1, 0.15) is 12.8 Å². The van der Waals surface area contributed by atoms with E-state index in [0.29, 0.717) is 13.2 Å². The number of sulfonamides is 1. The number of hydrogen-bond acceptors (Lipinski definition) is 4. The Balaban J connectivity index is 3.67. The highest BCUT2D eigenvalue weighted by atomic mass is 32.2. The van der Waals surface area contributed by atoms with E-state index in [2.05, 4.69) is 4.72 Å². The normalized spacial score (nSPS) is 12.9. The molecule has 0 atom stereocenters. The van der Waals surface area contributed by atoms with E-state index in [1.54, 1.807) is 0 Å². The van der Waals surface area contributed by atoms with E-state index in [4.69, 9.17) is 10.5 Å². The van der Waals surface area contributed by atoms with Crippen LogP contribution < -0.4 is 10.5 Å². The van der Waals surface area contributed by atoms with Gasteiger partial charge in [-0.3, -0.25) is 0 Å². The summed E-state index contributed by atoms with van der Waals surface area (Å²) in [7, 11) is -3.65. The van der Waals surface area contributed by atoms with E-state index in [9.17, 15) is 21.6 Å². The number of nitrogens with one attached hydrogen (secondary N) is 1. The van der Waals surface area contributed by atoms with Crippen molar-refractivity contribution in [2.24, 2.45) is 5.73 Å². The molecular formula is C8H17F3N2O3S. The van der Waals surface area contributed by atoms with E-state index in [0.717, 1.165) is 0 Å². The minimum Gasteiger partial charge on any atom is -0.379 e. The summed E-state index contributed by atoms with van der Waals surface area (Å²) in [6.45, 7) is 0.832. The topological polar surface area (TPSA) is 81.4 Å². The van der Waals surface area contributed by atoms with E-state index < -0.39 is 34.8 Å². The summed E-state index contributed by atoms with van der Waals surface area (Å²) in [6, 6.07) is 0. The van der Waals surface area contributed by atoms with Crippen molar-refractivity contribution in [2.75, 3.05) is 32.1 Å². The molecule has 0 heterocycles. The molecule has 3 N–H and O–H groups in total. The average Bonchev–Trinajstić information content (AvgIpc) is 2.14. The van der Waals surface area contributed by atoms with Crippen LogP contribution in [0.5, 0.6) is 0 Å². The van der Waals surface area contributed by atoms with Gasteiger partial charge in [-0.15, -0.1) is 0 Å². The second-order valence-corrected chi connectivity index (χ2v) is 5.26. The molecule has 5 nitrogen and oxygen atoms in total. The van der Waals surface area contributed by atoms with Crippen molar-refractivity contribution in [3.63, 3.8) is 0 Å². The van der Waals surface area contributed by atoms with Crippen LogP contribution in [-0.2, 0) is 14.8 Å². The summed E-state index contributed by atoms with van der Waals surface area (Å²) in [5, 5.41) is 0. The minimum atomic E-state index is -4.32. The van der Waals surface area contributed by atoms with E-state index >= 15 is 0 Å². The van der Waals surface area contributed by atoms with Crippen molar-refractivity contribution >= 4 is 10.0 Å². The zero-order valence-corrected chi connectivity index (χ0v) is 10.1. The molecule has 0 rings (SSSR count). The number of halogens is 3. The smallest absolute Gasteiger partial charge is 0.379 e. The maximum absolute atomic E-state index is 11.8. The Kier molecular flexibility index (Phi) is 7.68. The fourth-order valence-electron chi connectivity index (χ4n) is 0.990. The molecule has 0 saturated heterocycles. The predicted octanol–water partition coefficient (Wildman–Crippen LogP) is 0.224. The van der Waals surface area contributed by atoms with Crippen LogP contribution in [0.15, 0.2) is 0 Å². The molecule has 0 amide bonds. The summed E-state index contributed by atoms with van der Waals surface area (Å²) < 4.78 is 64.8. The Labute approximate surface area is 98.6 Å². The lowest BCUT2D eigenvalue weighted by Crippen LogP contribution is -2.30. The molecular weight excluding hydrogens is 261 g/mol. The highest BCUT2D eigenvalue weighted by molar-refractivity contribution is 7.89. The molecule has 0 aromatic carbocycles. The molecule has 0 aliphatic heterocycles.